The number of hydrogen-bond acceptors (Lipinski definition) is 4. The number of aromatic nitrogens is 1. The number of methoxy groups -OCH3 is 2. The number of thiocarbonyl (C=S) groups is 1. The monoisotopic (exact) mass is 437 g/mol. The summed E-state index contributed by atoms with van der Waals surface area (Å²) in [7, 11) is 3.25. The summed E-state index contributed by atoms with van der Waals surface area (Å²) in [5.41, 5.74) is 4.63. The minimum atomic E-state index is -0.330. The number of hydrogen-bond donors (Lipinski definition) is 2. The Morgan fingerprint density at radius 1 is 1.16 bits per heavy atom. The van der Waals surface area contributed by atoms with Gasteiger partial charge in [0.05, 0.1) is 20.3 Å². The summed E-state index contributed by atoms with van der Waals surface area (Å²) in [6.07, 6.45) is 0.794. The third kappa shape index (κ3) is 3.85. The maximum Gasteiger partial charge on any atom is 0.254 e. The Morgan fingerprint density at radius 3 is 2.61 bits per heavy atom. The molecule has 1 aliphatic rings. The third-order valence-electron chi connectivity index (χ3n) is 5.79. The summed E-state index contributed by atoms with van der Waals surface area (Å²) in [6, 6.07) is 11.7. The van der Waals surface area contributed by atoms with E-state index in [1.807, 2.05) is 44.2 Å². The van der Waals surface area contributed by atoms with Crippen LogP contribution in [-0.4, -0.2) is 42.3 Å². The molecule has 0 bridgehead atoms. The Balaban J connectivity index is 1.95. The van der Waals surface area contributed by atoms with Crippen molar-refractivity contribution in [3.8, 4) is 11.5 Å². The van der Waals surface area contributed by atoms with Gasteiger partial charge in [-0.3, -0.25) is 4.79 Å². The molecule has 0 saturated heterocycles. The van der Waals surface area contributed by atoms with E-state index < -0.39 is 0 Å². The Kier molecular flexibility index (Phi) is 5.87. The molecule has 0 amide bonds. The Morgan fingerprint density at radius 2 is 1.90 bits per heavy atom. The van der Waals surface area contributed by atoms with Gasteiger partial charge in [-0.25, -0.2) is 0 Å². The molecule has 2 aromatic carbocycles. The van der Waals surface area contributed by atoms with Crippen LogP contribution in [0.3, 0.4) is 0 Å². The van der Waals surface area contributed by atoms with E-state index in [1.54, 1.807) is 14.2 Å². The first-order valence-electron chi connectivity index (χ1n) is 10.4. The van der Waals surface area contributed by atoms with Crippen molar-refractivity contribution in [1.82, 2.24) is 15.2 Å². The molecule has 0 spiro atoms. The second-order valence-corrected chi connectivity index (χ2v) is 8.12. The molecule has 0 aliphatic carbocycles. The molecule has 1 aromatic heterocycles. The van der Waals surface area contributed by atoms with Gasteiger partial charge in [0.25, 0.3) is 5.56 Å². The number of nitrogens with zero attached hydrogens (tertiary/aromatic N) is 1. The Bertz CT molecular complexity index is 1200. The molecular formula is C24H27N3O3S. The van der Waals surface area contributed by atoms with Crippen LogP contribution < -0.4 is 20.3 Å². The molecule has 162 valence electrons. The number of pyridine rings is 1. The van der Waals surface area contributed by atoms with Gasteiger partial charge in [0, 0.05) is 24.2 Å². The number of aryl methyl sites for hydroxylation is 1. The van der Waals surface area contributed by atoms with Crippen molar-refractivity contribution < 1.29 is 9.47 Å². The van der Waals surface area contributed by atoms with E-state index in [0.29, 0.717) is 35.3 Å². The van der Waals surface area contributed by atoms with Gasteiger partial charge in [-0.05, 0) is 79.3 Å². The number of rotatable bonds is 4. The van der Waals surface area contributed by atoms with Crippen LogP contribution in [0, 0.1) is 6.92 Å². The van der Waals surface area contributed by atoms with Gasteiger partial charge in [-0.2, -0.15) is 0 Å². The molecule has 0 unspecified atom stereocenters. The van der Waals surface area contributed by atoms with Crippen molar-refractivity contribution in [3.63, 3.8) is 0 Å². The van der Waals surface area contributed by atoms with E-state index in [9.17, 15) is 4.79 Å². The number of H-pyrrole nitrogens is 1. The normalized spacial score (nSPS) is 15.5. The molecule has 2 N–H and O–H groups in total. The lowest BCUT2D eigenvalue weighted by atomic mass is 9.88. The summed E-state index contributed by atoms with van der Waals surface area (Å²) in [5, 5.41) is 4.88. The van der Waals surface area contributed by atoms with Crippen LogP contribution in [0.15, 0.2) is 41.2 Å². The average Bonchev–Trinajstić information content (AvgIpc) is 2.77. The largest absolute Gasteiger partial charge is 0.493 e. The van der Waals surface area contributed by atoms with Crippen molar-refractivity contribution in [2.45, 2.75) is 26.3 Å². The van der Waals surface area contributed by atoms with E-state index in [1.165, 1.54) is 0 Å². The SMILES string of the molecule is CCNC(=S)N1CCc2cc(OC)c(OC)cc2[C@@H]1c1cc2cc(C)ccc2[nH]c1=O. The first kappa shape index (κ1) is 21.2. The number of aromatic amines is 1. The predicted octanol–water partition coefficient (Wildman–Crippen LogP) is 3.70. The zero-order valence-corrected chi connectivity index (χ0v) is 19.1. The number of ether oxygens (including phenoxy) is 2. The van der Waals surface area contributed by atoms with Gasteiger partial charge in [0.15, 0.2) is 16.6 Å². The highest BCUT2D eigenvalue weighted by Gasteiger charge is 2.33. The predicted molar refractivity (Wildman–Crippen MR) is 127 cm³/mol. The van der Waals surface area contributed by atoms with Crippen LogP contribution in [0.25, 0.3) is 10.9 Å². The summed E-state index contributed by atoms with van der Waals surface area (Å²) in [4.78, 5) is 18.4. The minimum Gasteiger partial charge on any atom is -0.493 e. The van der Waals surface area contributed by atoms with Crippen LogP contribution in [0.2, 0.25) is 0 Å². The lowest BCUT2D eigenvalue weighted by molar-refractivity contribution is 0.323. The van der Waals surface area contributed by atoms with Gasteiger partial charge in [0.2, 0.25) is 0 Å². The van der Waals surface area contributed by atoms with Crippen LogP contribution in [-0.2, 0) is 6.42 Å². The van der Waals surface area contributed by atoms with E-state index in [2.05, 4.69) is 21.3 Å². The molecule has 0 saturated carbocycles. The molecule has 31 heavy (non-hydrogen) atoms. The molecule has 4 rings (SSSR count). The van der Waals surface area contributed by atoms with Gasteiger partial charge in [0.1, 0.15) is 0 Å². The Labute approximate surface area is 187 Å². The molecule has 0 fully saturated rings. The fraction of sp³-hybridized carbons (Fsp3) is 0.333. The van der Waals surface area contributed by atoms with Crippen molar-refractivity contribution in [2.75, 3.05) is 27.3 Å². The maximum absolute atomic E-state index is 13.2. The highest BCUT2D eigenvalue weighted by molar-refractivity contribution is 7.80. The minimum absolute atomic E-state index is 0.117. The standard InChI is InChI=1S/C24H27N3O3S/c1-5-25-24(31)27-9-8-15-12-20(29-3)21(30-4)13-17(15)22(27)18-11-16-10-14(2)6-7-19(16)26-23(18)28/h6-7,10-13,22H,5,8-9H2,1-4H3,(H,25,31)(H,26,28)/t22-/m1/s1. The molecule has 2 heterocycles. The molecule has 0 radical (unpaired) electrons. The topological polar surface area (TPSA) is 66.6 Å². The first-order chi connectivity index (χ1) is 15.0. The fourth-order valence-electron chi connectivity index (χ4n) is 4.30. The van der Waals surface area contributed by atoms with E-state index in [-0.39, 0.29) is 11.6 Å². The van der Waals surface area contributed by atoms with Crippen molar-refractivity contribution >= 4 is 28.2 Å². The highest BCUT2D eigenvalue weighted by atomic mass is 32.1. The molecule has 6 nitrogen and oxygen atoms in total. The fourth-order valence-corrected chi connectivity index (χ4v) is 4.64. The van der Waals surface area contributed by atoms with Gasteiger partial charge in [-0.15, -0.1) is 0 Å². The van der Waals surface area contributed by atoms with Crippen molar-refractivity contribution in [3.05, 3.63) is 69.0 Å². The van der Waals surface area contributed by atoms with E-state index in [4.69, 9.17) is 21.7 Å². The number of fused-ring (bicyclic) bond motifs is 2. The van der Waals surface area contributed by atoms with Crippen LogP contribution in [0.5, 0.6) is 11.5 Å². The van der Waals surface area contributed by atoms with E-state index >= 15 is 0 Å². The summed E-state index contributed by atoms with van der Waals surface area (Å²) in [5.74, 6) is 1.32. The van der Waals surface area contributed by atoms with Crippen LogP contribution in [0.4, 0.5) is 0 Å². The van der Waals surface area contributed by atoms with Gasteiger partial charge >= 0.3 is 0 Å². The summed E-state index contributed by atoms with van der Waals surface area (Å²) < 4.78 is 11.1. The molecule has 1 aliphatic heterocycles. The number of benzene rings is 2. The van der Waals surface area contributed by atoms with Gasteiger partial charge in [-0.1, -0.05) is 11.6 Å². The summed E-state index contributed by atoms with van der Waals surface area (Å²) >= 11 is 5.70. The molecular weight excluding hydrogens is 410 g/mol. The smallest absolute Gasteiger partial charge is 0.254 e. The lowest BCUT2D eigenvalue weighted by Gasteiger charge is -2.39. The van der Waals surface area contributed by atoms with E-state index in [0.717, 1.165) is 34.0 Å². The molecule has 3 aromatic rings. The molecule has 1 atom stereocenters. The van der Waals surface area contributed by atoms with Crippen LogP contribution >= 0.6 is 12.2 Å². The summed E-state index contributed by atoms with van der Waals surface area (Å²) in [6.45, 7) is 5.47. The second-order valence-electron chi connectivity index (χ2n) is 7.73. The third-order valence-corrected chi connectivity index (χ3v) is 6.16. The number of nitrogens with one attached hydrogen (secondary N) is 2. The van der Waals surface area contributed by atoms with Gasteiger partial charge < -0.3 is 24.7 Å². The zero-order valence-electron chi connectivity index (χ0n) is 18.2. The second kappa shape index (κ2) is 8.59. The van der Waals surface area contributed by atoms with Crippen molar-refractivity contribution in [2.24, 2.45) is 0 Å². The lowest BCUT2D eigenvalue weighted by Crippen LogP contribution is -2.47. The molecule has 7 heteroatoms. The average molecular weight is 438 g/mol. The first-order valence-corrected chi connectivity index (χ1v) is 10.8. The highest BCUT2D eigenvalue weighted by Crippen LogP contribution is 2.40. The Hall–Kier alpha value is -3.06. The maximum atomic E-state index is 13.2. The van der Waals surface area contributed by atoms with Crippen LogP contribution in [0.1, 0.15) is 35.2 Å². The van der Waals surface area contributed by atoms with Crippen molar-refractivity contribution in [1.29, 1.82) is 0 Å². The quantitative estimate of drug-likeness (QED) is 0.607. The zero-order chi connectivity index (χ0) is 22.1.